The monoisotopic (exact) mass is 288 g/mol. The Labute approximate surface area is 124 Å². The topological polar surface area (TPSA) is 33.2 Å². The highest BCUT2D eigenvalue weighted by molar-refractivity contribution is 8.06. The van der Waals surface area contributed by atoms with Gasteiger partial charge in [0.05, 0.1) is 5.03 Å². The Kier molecular flexibility index (Phi) is 5.01. The fourth-order valence-electron chi connectivity index (χ4n) is 2.05. The number of thioether (sulfide) groups is 1. The van der Waals surface area contributed by atoms with Gasteiger partial charge in [0, 0.05) is 41.2 Å². The fourth-order valence-corrected chi connectivity index (χ4v) is 3.12. The van der Waals surface area contributed by atoms with Gasteiger partial charge in [-0.3, -0.25) is 9.78 Å². The molecule has 0 saturated carbocycles. The minimum absolute atomic E-state index is 0.0181. The molecule has 1 aromatic heterocycles. The molecule has 3 nitrogen and oxygen atoms in total. The van der Waals surface area contributed by atoms with E-state index in [0.717, 1.165) is 24.4 Å². The SMILES string of the molecule is CCCCN1C(=CC(=O)c2cccnc2)SC(C)=C1C. The molecule has 106 valence electrons. The van der Waals surface area contributed by atoms with Crippen LogP contribution in [0.3, 0.4) is 0 Å². The van der Waals surface area contributed by atoms with Crippen LogP contribution in [-0.2, 0) is 0 Å². The van der Waals surface area contributed by atoms with E-state index in [1.165, 1.54) is 10.6 Å². The molecule has 0 amide bonds. The van der Waals surface area contributed by atoms with E-state index in [0.29, 0.717) is 5.56 Å². The zero-order chi connectivity index (χ0) is 14.5. The molecule has 0 saturated heterocycles. The molecule has 1 aromatic rings. The summed E-state index contributed by atoms with van der Waals surface area (Å²) in [5, 5.41) is 1.03. The second-order valence-corrected chi connectivity index (χ2v) is 6.07. The van der Waals surface area contributed by atoms with E-state index in [1.807, 2.05) is 0 Å². The number of ketones is 1. The maximum Gasteiger partial charge on any atom is 0.190 e. The molecule has 0 bridgehead atoms. The zero-order valence-electron chi connectivity index (χ0n) is 12.2. The molecule has 0 N–H and O–H groups in total. The number of aromatic nitrogens is 1. The van der Waals surface area contributed by atoms with Crippen LogP contribution in [0.5, 0.6) is 0 Å². The van der Waals surface area contributed by atoms with Crippen LogP contribution in [0.1, 0.15) is 44.0 Å². The molecule has 2 heterocycles. The Balaban J connectivity index is 2.19. The van der Waals surface area contributed by atoms with Crippen molar-refractivity contribution in [3.05, 3.63) is 51.8 Å². The summed E-state index contributed by atoms with van der Waals surface area (Å²) >= 11 is 1.68. The Morgan fingerprint density at radius 1 is 1.45 bits per heavy atom. The van der Waals surface area contributed by atoms with E-state index in [4.69, 9.17) is 0 Å². The van der Waals surface area contributed by atoms with Crippen molar-refractivity contribution in [1.29, 1.82) is 0 Å². The molecule has 0 spiro atoms. The van der Waals surface area contributed by atoms with Crippen LogP contribution in [0.25, 0.3) is 0 Å². The number of rotatable bonds is 5. The van der Waals surface area contributed by atoms with Gasteiger partial charge in [0.2, 0.25) is 0 Å². The van der Waals surface area contributed by atoms with Crippen LogP contribution in [0, 0.1) is 0 Å². The standard InChI is InChI=1S/C16H20N2OS/c1-4-5-9-18-12(2)13(3)20-16(18)10-15(19)14-7-6-8-17-11-14/h6-8,10-11H,4-5,9H2,1-3H3. The van der Waals surface area contributed by atoms with Gasteiger partial charge in [-0.05, 0) is 32.4 Å². The molecular weight excluding hydrogens is 268 g/mol. The molecule has 4 heteroatoms. The van der Waals surface area contributed by atoms with Crippen LogP contribution in [-0.4, -0.2) is 22.2 Å². The number of hydrogen-bond acceptors (Lipinski definition) is 4. The molecule has 0 atom stereocenters. The minimum atomic E-state index is 0.0181. The van der Waals surface area contributed by atoms with Crippen molar-refractivity contribution in [2.24, 2.45) is 0 Å². The number of nitrogens with zero attached hydrogens (tertiary/aromatic N) is 2. The number of allylic oxidation sites excluding steroid dienone is 3. The first kappa shape index (κ1) is 14.9. The maximum absolute atomic E-state index is 12.3. The van der Waals surface area contributed by atoms with Crippen molar-refractivity contribution in [3.63, 3.8) is 0 Å². The molecule has 20 heavy (non-hydrogen) atoms. The molecule has 0 radical (unpaired) electrons. The highest BCUT2D eigenvalue weighted by Gasteiger charge is 2.23. The fraction of sp³-hybridized carbons (Fsp3) is 0.375. The van der Waals surface area contributed by atoms with Gasteiger partial charge >= 0.3 is 0 Å². The summed E-state index contributed by atoms with van der Waals surface area (Å²) in [4.78, 5) is 19.8. The van der Waals surface area contributed by atoms with Crippen molar-refractivity contribution in [2.75, 3.05) is 6.54 Å². The molecule has 1 aliphatic heterocycles. The van der Waals surface area contributed by atoms with Crippen molar-refractivity contribution in [2.45, 2.75) is 33.6 Å². The van der Waals surface area contributed by atoms with Crippen molar-refractivity contribution < 1.29 is 4.79 Å². The van der Waals surface area contributed by atoms with Gasteiger partial charge in [-0.15, -0.1) is 0 Å². The van der Waals surface area contributed by atoms with Gasteiger partial charge in [-0.25, -0.2) is 0 Å². The molecular formula is C16H20N2OS. The minimum Gasteiger partial charge on any atom is -0.339 e. The number of hydrogen-bond donors (Lipinski definition) is 0. The summed E-state index contributed by atoms with van der Waals surface area (Å²) in [5.74, 6) is 0.0181. The highest BCUT2D eigenvalue weighted by Crippen LogP contribution is 2.40. The lowest BCUT2D eigenvalue weighted by atomic mass is 10.2. The van der Waals surface area contributed by atoms with E-state index in [-0.39, 0.29) is 5.78 Å². The average molecular weight is 288 g/mol. The van der Waals surface area contributed by atoms with Crippen molar-refractivity contribution in [3.8, 4) is 0 Å². The lowest BCUT2D eigenvalue weighted by Crippen LogP contribution is -2.18. The third-order valence-electron chi connectivity index (χ3n) is 3.37. The first-order chi connectivity index (χ1) is 9.63. The van der Waals surface area contributed by atoms with Crippen molar-refractivity contribution >= 4 is 17.5 Å². The third-order valence-corrected chi connectivity index (χ3v) is 4.52. The van der Waals surface area contributed by atoms with Gasteiger partial charge < -0.3 is 4.90 Å². The number of unbranched alkanes of at least 4 members (excludes halogenated alkanes) is 1. The van der Waals surface area contributed by atoms with Gasteiger partial charge in [0.1, 0.15) is 0 Å². The largest absolute Gasteiger partial charge is 0.339 e. The summed E-state index contributed by atoms with van der Waals surface area (Å²) in [6.07, 6.45) is 7.30. The predicted molar refractivity (Wildman–Crippen MR) is 84.2 cm³/mol. The van der Waals surface area contributed by atoms with E-state index < -0.39 is 0 Å². The second kappa shape index (κ2) is 6.75. The van der Waals surface area contributed by atoms with E-state index in [1.54, 1.807) is 42.4 Å². The first-order valence-corrected chi connectivity index (χ1v) is 7.74. The van der Waals surface area contributed by atoms with Crippen LogP contribution in [0.4, 0.5) is 0 Å². The summed E-state index contributed by atoms with van der Waals surface area (Å²) in [7, 11) is 0. The number of carbonyl (C=O) groups is 1. The third kappa shape index (κ3) is 3.31. The molecule has 2 rings (SSSR count). The van der Waals surface area contributed by atoms with Crippen molar-refractivity contribution in [1.82, 2.24) is 9.88 Å². The number of carbonyl (C=O) groups excluding carboxylic acids is 1. The Bertz CT molecular complexity index is 549. The van der Waals surface area contributed by atoms with Gasteiger partial charge in [-0.1, -0.05) is 25.1 Å². The smallest absolute Gasteiger partial charge is 0.190 e. The quantitative estimate of drug-likeness (QED) is 0.600. The maximum atomic E-state index is 12.3. The molecule has 0 aliphatic carbocycles. The van der Waals surface area contributed by atoms with E-state index >= 15 is 0 Å². The molecule has 0 fully saturated rings. The van der Waals surface area contributed by atoms with Crippen LogP contribution in [0.15, 0.2) is 46.2 Å². The first-order valence-electron chi connectivity index (χ1n) is 6.92. The van der Waals surface area contributed by atoms with E-state index in [9.17, 15) is 4.79 Å². The molecule has 1 aliphatic rings. The lowest BCUT2D eigenvalue weighted by Gasteiger charge is -2.21. The summed E-state index contributed by atoms with van der Waals surface area (Å²) in [5.41, 5.74) is 1.90. The lowest BCUT2D eigenvalue weighted by molar-refractivity contribution is 0.104. The van der Waals surface area contributed by atoms with Crippen LogP contribution in [0.2, 0.25) is 0 Å². The molecule has 0 unspecified atom stereocenters. The summed E-state index contributed by atoms with van der Waals surface area (Å²) in [6, 6.07) is 3.59. The highest BCUT2D eigenvalue weighted by atomic mass is 32.2. The Morgan fingerprint density at radius 3 is 2.90 bits per heavy atom. The Morgan fingerprint density at radius 2 is 2.25 bits per heavy atom. The van der Waals surface area contributed by atoms with Crippen LogP contribution < -0.4 is 0 Å². The van der Waals surface area contributed by atoms with Crippen LogP contribution >= 0.6 is 11.8 Å². The Hall–Kier alpha value is -1.55. The van der Waals surface area contributed by atoms with Gasteiger partial charge in [-0.2, -0.15) is 0 Å². The molecule has 0 aromatic carbocycles. The summed E-state index contributed by atoms with van der Waals surface area (Å²) in [6.45, 7) is 7.37. The van der Waals surface area contributed by atoms with Gasteiger partial charge in [0.25, 0.3) is 0 Å². The normalized spacial score (nSPS) is 17.1. The zero-order valence-corrected chi connectivity index (χ0v) is 13.0. The van der Waals surface area contributed by atoms with E-state index in [2.05, 4.69) is 30.7 Å². The number of pyridine rings is 1. The second-order valence-electron chi connectivity index (χ2n) is 4.84. The average Bonchev–Trinajstić information content (AvgIpc) is 2.72. The van der Waals surface area contributed by atoms with Gasteiger partial charge in [0.15, 0.2) is 5.78 Å². The predicted octanol–water partition coefficient (Wildman–Crippen LogP) is 4.21. The summed E-state index contributed by atoms with van der Waals surface area (Å²) < 4.78 is 0.